The molecule has 0 aliphatic rings. The minimum atomic E-state index is 0.375. The second kappa shape index (κ2) is 1.55. The van der Waals surface area contributed by atoms with Crippen LogP contribution in [0.15, 0.2) is 0 Å². The summed E-state index contributed by atoms with van der Waals surface area (Å²) in [5, 5.41) is 8.12. The SMILES string of the molecule is C[N+](C)(C)NO. The van der Waals surface area contributed by atoms with Crippen LogP contribution in [0.1, 0.15) is 0 Å². The van der Waals surface area contributed by atoms with E-state index in [1.54, 1.807) is 0 Å². The third-order valence-corrected chi connectivity index (χ3v) is 0.300. The molecule has 0 rings (SSSR count). The number of hydrogen-bond donors (Lipinski definition) is 2. The van der Waals surface area contributed by atoms with E-state index in [1.807, 2.05) is 26.7 Å². The van der Waals surface area contributed by atoms with Crippen LogP contribution < -0.4 is 5.59 Å². The predicted octanol–water partition coefficient (Wildman–Crippen LogP) is -0.414. The summed E-state index contributed by atoms with van der Waals surface area (Å²) in [6.45, 7) is 0. The van der Waals surface area contributed by atoms with Crippen molar-refractivity contribution < 1.29 is 9.80 Å². The van der Waals surface area contributed by atoms with Crippen LogP contribution in [-0.2, 0) is 0 Å². The van der Waals surface area contributed by atoms with Crippen molar-refractivity contribution in [2.45, 2.75) is 0 Å². The van der Waals surface area contributed by atoms with Gasteiger partial charge in [0, 0.05) is 0 Å². The number of hydrogen-bond acceptors (Lipinski definition) is 2. The first kappa shape index (κ1) is 5.88. The van der Waals surface area contributed by atoms with Gasteiger partial charge in [0.2, 0.25) is 0 Å². The average Bonchev–Trinajstić information content (AvgIpc) is 1.35. The van der Waals surface area contributed by atoms with Gasteiger partial charge in [-0.15, -0.1) is 0 Å². The molecular weight excluding hydrogens is 80.0 g/mol. The second-order valence-corrected chi connectivity index (χ2v) is 2.11. The van der Waals surface area contributed by atoms with Gasteiger partial charge in [-0.2, -0.15) is 0 Å². The Hall–Kier alpha value is -0.120. The molecule has 6 heavy (non-hydrogen) atoms. The average molecular weight is 91.1 g/mol. The van der Waals surface area contributed by atoms with Crippen molar-refractivity contribution in [3.63, 3.8) is 0 Å². The molecule has 3 nitrogen and oxygen atoms in total. The Morgan fingerprint density at radius 1 is 1.33 bits per heavy atom. The van der Waals surface area contributed by atoms with Crippen LogP contribution >= 0.6 is 0 Å². The van der Waals surface area contributed by atoms with E-state index >= 15 is 0 Å². The molecule has 0 radical (unpaired) electrons. The molecule has 0 atom stereocenters. The molecular formula is C3H11N2O+. The zero-order valence-electron chi connectivity index (χ0n) is 4.39. The van der Waals surface area contributed by atoms with Gasteiger partial charge in [-0.1, -0.05) is 0 Å². The van der Waals surface area contributed by atoms with Crippen molar-refractivity contribution in [3.8, 4) is 0 Å². The van der Waals surface area contributed by atoms with Crippen molar-refractivity contribution in [1.29, 1.82) is 0 Å². The molecule has 0 spiro atoms. The predicted molar refractivity (Wildman–Crippen MR) is 23.0 cm³/mol. The lowest BCUT2D eigenvalue weighted by Crippen LogP contribution is -2.45. The fraction of sp³-hybridized carbons (Fsp3) is 1.00. The zero-order chi connectivity index (χ0) is 5.21. The Morgan fingerprint density at radius 2 is 1.50 bits per heavy atom. The number of nitrogens with zero attached hydrogens (tertiary/aromatic N) is 1. The Bertz CT molecular complexity index is 38.5. The van der Waals surface area contributed by atoms with Gasteiger partial charge in [0.05, 0.1) is 21.1 Å². The summed E-state index contributed by atoms with van der Waals surface area (Å²) in [5.41, 5.74) is 2.04. The van der Waals surface area contributed by atoms with Crippen LogP contribution in [0.3, 0.4) is 0 Å². The molecule has 38 valence electrons. The number of quaternary nitrogens is 1. The molecule has 0 aliphatic heterocycles. The van der Waals surface area contributed by atoms with Crippen molar-refractivity contribution in [3.05, 3.63) is 0 Å². The van der Waals surface area contributed by atoms with Crippen LogP contribution in [0, 0.1) is 0 Å². The smallest absolute Gasteiger partial charge is 0.0873 e. The normalized spacial score (nSPS) is 12.0. The monoisotopic (exact) mass is 91.1 g/mol. The Kier molecular flexibility index (Phi) is 1.52. The van der Waals surface area contributed by atoms with E-state index in [4.69, 9.17) is 5.21 Å². The van der Waals surface area contributed by atoms with Crippen molar-refractivity contribution in [2.75, 3.05) is 21.1 Å². The molecule has 0 aromatic rings. The maximum absolute atomic E-state index is 8.12. The van der Waals surface area contributed by atoms with Gasteiger partial charge in [0.1, 0.15) is 0 Å². The van der Waals surface area contributed by atoms with Gasteiger partial charge in [-0.25, -0.2) is 4.59 Å². The summed E-state index contributed by atoms with van der Waals surface area (Å²) in [5.74, 6) is 0. The summed E-state index contributed by atoms with van der Waals surface area (Å²) in [7, 11) is 5.46. The van der Waals surface area contributed by atoms with Gasteiger partial charge < -0.3 is 0 Å². The van der Waals surface area contributed by atoms with Crippen LogP contribution in [0.25, 0.3) is 0 Å². The lowest BCUT2D eigenvalue weighted by atomic mass is 10.9. The van der Waals surface area contributed by atoms with Gasteiger partial charge in [0.15, 0.2) is 0 Å². The fourth-order valence-electron chi connectivity index (χ4n) is 0. The first-order chi connectivity index (χ1) is 2.56. The molecule has 0 aromatic heterocycles. The van der Waals surface area contributed by atoms with E-state index in [0.29, 0.717) is 4.59 Å². The van der Waals surface area contributed by atoms with E-state index in [1.165, 1.54) is 0 Å². The summed E-state index contributed by atoms with van der Waals surface area (Å²) in [4.78, 5) is 0. The minimum absolute atomic E-state index is 0.375. The van der Waals surface area contributed by atoms with E-state index in [0.717, 1.165) is 0 Å². The first-order valence-electron chi connectivity index (χ1n) is 1.79. The summed E-state index contributed by atoms with van der Waals surface area (Å²) in [6, 6.07) is 0. The maximum atomic E-state index is 8.12. The summed E-state index contributed by atoms with van der Waals surface area (Å²) in [6.07, 6.45) is 0. The van der Waals surface area contributed by atoms with E-state index in [9.17, 15) is 0 Å². The molecule has 0 fully saturated rings. The van der Waals surface area contributed by atoms with E-state index in [2.05, 4.69) is 0 Å². The molecule has 0 saturated carbocycles. The molecule has 0 bridgehead atoms. The van der Waals surface area contributed by atoms with Crippen LogP contribution in [0.2, 0.25) is 0 Å². The van der Waals surface area contributed by atoms with Crippen molar-refractivity contribution >= 4 is 0 Å². The highest BCUT2D eigenvalue weighted by Crippen LogP contribution is 1.73. The fourth-order valence-corrected chi connectivity index (χ4v) is 0. The highest BCUT2D eigenvalue weighted by molar-refractivity contribution is 3.83. The molecule has 0 aromatic carbocycles. The quantitative estimate of drug-likeness (QED) is 0.339. The zero-order valence-corrected chi connectivity index (χ0v) is 4.39. The highest BCUT2D eigenvalue weighted by atomic mass is 16.5. The number of rotatable bonds is 1. The lowest BCUT2D eigenvalue weighted by molar-refractivity contribution is -0.942. The summed E-state index contributed by atoms with van der Waals surface area (Å²) < 4.78 is 0.375. The van der Waals surface area contributed by atoms with Crippen LogP contribution in [0.4, 0.5) is 0 Å². The van der Waals surface area contributed by atoms with Gasteiger partial charge in [-0.3, -0.25) is 5.21 Å². The molecule has 0 unspecified atom stereocenters. The molecule has 0 heterocycles. The number of nitrogens with one attached hydrogen (secondary N) is 1. The van der Waals surface area contributed by atoms with Crippen LogP contribution in [-0.4, -0.2) is 30.9 Å². The highest BCUT2D eigenvalue weighted by Gasteiger charge is 1.99. The second-order valence-electron chi connectivity index (χ2n) is 2.11. The first-order valence-corrected chi connectivity index (χ1v) is 1.79. The minimum Gasteiger partial charge on any atom is -0.272 e. The van der Waals surface area contributed by atoms with Gasteiger partial charge in [-0.05, 0) is 5.59 Å². The largest absolute Gasteiger partial charge is 0.272 e. The third-order valence-electron chi connectivity index (χ3n) is 0.300. The Balaban J connectivity index is 3.17. The van der Waals surface area contributed by atoms with Crippen molar-refractivity contribution in [1.82, 2.24) is 5.59 Å². The topological polar surface area (TPSA) is 32.3 Å². The molecule has 0 amide bonds. The van der Waals surface area contributed by atoms with Crippen LogP contribution in [0.5, 0.6) is 0 Å². The molecule has 3 heteroatoms. The maximum Gasteiger partial charge on any atom is 0.0873 e. The van der Waals surface area contributed by atoms with E-state index < -0.39 is 0 Å². The van der Waals surface area contributed by atoms with Gasteiger partial charge >= 0.3 is 0 Å². The Morgan fingerprint density at radius 3 is 1.50 bits per heavy atom. The standard InChI is InChI=1S/C3H11N2O/c1-5(2,3)4-6/h4,6H,1-3H3/q+1. The van der Waals surface area contributed by atoms with Crippen molar-refractivity contribution in [2.24, 2.45) is 0 Å². The summed E-state index contributed by atoms with van der Waals surface area (Å²) >= 11 is 0. The van der Waals surface area contributed by atoms with E-state index in [-0.39, 0.29) is 0 Å². The molecule has 0 aliphatic carbocycles. The third kappa shape index (κ3) is 3.88. The Labute approximate surface area is 37.7 Å². The lowest BCUT2D eigenvalue weighted by Gasteiger charge is -2.18. The van der Waals surface area contributed by atoms with Gasteiger partial charge in [0.25, 0.3) is 0 Å². The molecule has 2 N–H and O–H groups in total. The molecule has 0 saturated heterocycles.